The van der Waals surface area contributed by atoms with Gasteiger partial charge in [-0.15, -0.1) is 10.2 Å². The highest BCUT2D eigenvalue weighted by Crippen LogP contribution is 2.30. The van der Waals surface area contributed by atoms with E-state index in [1.54, 1.807) is 4.68 Å². The molecule has 0 bridgehead atoms. The maximum absolute atomic E-state index is 11.7. The van der Waals surface area contributed by atoms with Gasteiger partial charge < -0.3 is 0 Å². The van der Waals surface area contributed by atoms with E-state index < -0.39 is 0 Å². The Morgan fingerprint density at radius 1 is 1.17 bits per heavy atom. The van der Waals surface area contributed by atoms with Gasteiger partial charge in [0.2, 0.25) is 10.1 Å². The third-order valence-electron chi connectivity index (χ3n) is 2.84. The number of hydrogen-bond donors (Lipinski definition) is 0. The fourth-order valence-corrected chi connectivity index (χ4v) is 3.90. The van der Waals surface area contributed by atoms with Gasteiger partial charge in [-0.3, -0.25) is 4.79 Å². The summed E-state index contributed by atoms with van der Waals surface area (Å²) in [6, 6.07) is 8.98. The monoisotopic (exact) mass is 407 g/mol. The summed E-state index contributed by atoms with van der Waals surface area (Å²) in [5.41, 5.74) is 0.614. The molecule has 0 saturated heterocycles. The summed E-state index contributed by atoms with van der Waals surface area (Å²) < 4.78 is 4.48. The third kappa shape index (κ3) is 2.78. The molecule has 0 spiro atoms. The Kier molecular flexibility index (Phi) is 3.67. The lowest BCUT2D eigenvalue weighted by molar-refractivity contribution is 0.755. The first kappa shape index (κ1) is 14.5. The van der Waals surface area contributed by atoms with Crippen LogP contribution < -0.4 is 5.56 Å². The van der Waals surface area contributed by atoms with E-state index in [1.165, 1.54) is 39.9 Å². The molecule has 4 aromatic rings. The van der Waals surface area contributed by atoms with Crippen molar-refractivity contribution in [2.75, 3.05) is 0 Å². The normalized spacial score (nSPS) is 11.2. The van der Waals surface area contributed by atoms with Gasteiger partial charge in [-0.2, -0.15) is 9.20 Å². The predicted octanol–water partition coefficient (Wildman–Crippen LogP) is 2.04. The summed E-state index contributed by atoms with van der Waals surface area (Å²) in [7, 11) is 0. The number of aromatic nitrogens is 7. The highest BCUT2D eigenvalue weighted by Gasteiger charge is 2.14. The lowest BCUT2D eigenvalue weighted by Gasteiger charge is -2.02. The van der Waals surface area contributed by atoms with Crippen LogP contribution in [0.4, 0.5) is 0 Å². The summed E-state index contributed by atoms with van der Waals surface area (Å²) in [6.07, 6.45) is 1.47. The molecule has 11 heteroatoms. The lowest BCUT2D eigenvalue weighted by Crippen LogP contribution is -2.12. The molecule has 0 saturated carbocycles. The van der Waals surface area contributed by atoms with Gasteiger partial charge in [0, 0.05) is 16.7 Å². The number of fused-ring (bicyclic) bond motifs is 1. The van der Waals surface area contributed by atoms with E-state index in [0.29, 0.717) is 14.5 Å². The minimum Gasteiger partial charge on any atom is -0.267 e. The Labute approximate surface area is 145 Å². The number of benzene rings is 1. The molecular formula is C12H6BrN7OS2. The molecule has 0 amide bonds. The quantitative estimate of drug-likeness (QED) is 0.512. The first-order valence-corrected chi connectivity index (χ1v) is 8.70. The number of halogens is 1. The van der Waals surface area contributed by atoms with Crippen molar-refractivity contribution in [3.05, 3.63) is 51.4 Å². The number of nitrogens with zero attached hydrogens (tertiary/aromatic N) is 7. The van der Waals surface area contributed by atoms with Crippen LogP contribution in [0.25, 0.3) is 10.6 Å². The van der Waals surface area contributed by atoms with Gasteiger partial charge in [0.15, 0.2) is 4.34 Å². The van der Waals surface area contributed by atoms with Crippen molar-refractivity contribution < 1.29 is 0 Å². The van der Waals surface area contributed by atoms with Gasteiger partial charge in [0.05, 0.1) is 5.69 Å². The fourth-order valence-electron chi connectivity index (χ4n) is 1.83. The van der Waals surface area contributed by atoms with Crippen molar-refractivity contribution in [1.82, 2.24) is 34.8 Å². The minimum atomic E-state index is -0.217. The molecule has 4 rings (SSSR count). The summed E-state index contributed by atoms with van der Waals surface area (Å²) in [5, 5.41) is 16.5. The van der Waals surface area contributed by atoms with Crippen molar-refractivity contribution in [3.8, 4) is 5.69 Å². The number of hydrogen-bond acceptors (Lipinski definition) is 8. The fraction of sp³-hybridized carbons (Fsp3) is 0. The minimum absolute atomic E-state index is 0.217. The highest BCUT2D eigenvalue weighted by atomic mass is 79.9. The van der Waals surface area contributed by atoms with Crippen LogP contribution in [0.15, 0.2) is 55.3 Å². The van der Waals surface area contributed by atoms with Crippen molar-refractivity contribution in [2.45, 2.75) is 9.50 Å². The van der Waals surface area contributed by atoms with Crippen molar-refractivity contribution in [1.29, 1.82) is 0 Å². The molecule has 0 aliphatic heterocycles. The average molecular weight is 408 g/mol. The topological polar surface area (TPSA) is 90.9 Å². The number of rotatable bonds is 3. The Balaban J connectivity index is 1.71. The van der Waals surface area contributed by atoms with Crippen LogP contribution in [0.1, 0.15) is 0 Å². The van der Waals surface area contributed by atoms with Gasteiger partial charge in [-0.25, -0.2) is 4.98 Å². The van der Waals surface area contributed by atoms with Crippen LogP contribution in [0, 0.1) is 0 Å². The van der Waals surface area contributed by atoms with Crippen molar-refractivity contribution >= 4 is 44.0 Å². The third-order valence-corrected chi connectivity index (χ3v) is 5.28. The lowest BCUT2D eigenvalue weighted by atomic mass is 10.3. The average Bonchev–Trinajstić information content (AvgIpc) is 3.16. The molecule has 114 valence electrons. The molecule has 0 aliphatic rings. The first-order chi connectivity index (χ1) is 11.2. The first-order valence-electron chi connectivity index (χ1n) is 6.28. The van der Waals surface area contributed by atoms with Gasteiger partial charge in [-0.1, -0.05) is 27.3 Å². The Hall–Kier alpha value is -2.11. The molecule has 0 fully saturated rings. The van der Waals surface area contributed by atoms with E-state index in [-0.39, 0.29) is 5.56 Å². The maximum Gasteiger partial charge on any atom is 0.275 e. The zero-order chi connectivity index (χ0) is 15.8. The molecule has 0 unspecified atom stereocenters. The van der Waals surface area contributed by atoms with Crippen LogP contribution >= 0.6 is 39.0 Å². The van der Waals surface area contributed by atoms with E-state index >= 15 is 0 Å². The second-order valence-electron chi connectivity index (χ2n) is 4.30. The maximum atomic E-state index is 11.7. The Bertz CT molecular complexity index is 1040. The van der Waals surface area contributed by atoms with Gasteiger partial charge in [-0.05, 0) is 46.5 Å². The SMILES string of the molecule is O=c1ccnc2sc(Sc3nnnn3-c3ccc(Br)cc3)nn12. The standard InChI is InChI=1S/C12H6BrN7OS2/c13-7-1-3-8(4-2-7)19-11(15-17-18-19)23-12-16-20-9(21)5-6-14-10(20)22-12/h1-6H. The molecule has 23 heavy (non-hydrogen) atoms. The van der Waals surface area contributed by atoms with Gasteiger partial charge >= 0.3 is 0 Å². The van der Waals surface area contributed by atoms with E-state index in [0.717, 1.165) is 10.2 Å². The molecule has 8 nitrogen and oxygen atoms in total. The second-order valence-corrected chi connectivity index (χ2v) is 7.38. The van der Waals surface area contributed by atoms with Crippen molar-refractivity contribution in [3.63, 3.8) is 0 Å². The summed E-state index contributed by atoms with van der Waals surface area (Å²) in [4.78, 5) is 16.4. The molecule has 0 N–H and O–H groups in total. The molecule has 3 heterocycles. The van der Waals surface area contributed by atoms with Crippen LogP contribution in [0.5, 0.6) is 0 Å². The van der Waals surface area contributed by atoms with E-state index in [2.05, 4.69) is 41.5 Å². The number of tetrazole rings is 1. The highest BCUT2D eigenvalue weighted by molar-refractivity contribution is 9.10. The summed E-state index contributed by atoms with van der Waals surface area (Å²) >= 11 is 5.97. The second kappa shape index (κ2) is 5.83. The van der Waals surface area contributed by atoms with Gasteiger partial charge in [0.25, 0.3) is 5.56 Å². The van der Waals surface area contributed by atoms with E-state index in [4.69, 9.17) is 0 Å². The smallest absolute Gasteiger partial charge is 0.267 e. The molecule has 0 atom stereocenters. The zero-order valence-corrected chi connectivity index (χ0v) is 14.4. The van der Waals surface area contributed by atoms with Gasteiger partial charge in [0.1, 0.15) is 0 Å². The summed E-state index contributed by atoms with van der Waals surface area (Å²) in [5.74, 6) is 0. The van der Waals surface area contributed by atoms with Crippen LogP contribution in [0.3, 0.4) is 0 Å². The molecule has 0 radical (unpaired) electrons. The molecule has 0 aliphatic carbocycles. The van der Waals surface area contributed by atoms with Crippen LogP contribution in [0.2, 0.25) is 0 Å². The summed E-state index contributed by atoms with van der Waals surface area (Å²) in [6.45, 7) is 0. The molecule has 1 aromatic carbocycles. The largest absolute Gasteiger partial charge is 0.275 e. The zero-order valence-electron chi connectivity index (χ0n) is 11.2. The molecular weight excluding hydrogens is 402 g/mol. The molecule has 3 aromatic heterocycles. The van der Waals surface area contributed by atoms with E-state index in [9.17, 15) is 4.79 Å². The van der Waals surface area contributed by atoms with Crippen LogP contribution in [-0.2, 0) is 0 Å². The van der Waals surface area contributed by atoms with Crippen LogP contribution in [-0.4, -0.2) is 34.8 Å². The Morgan fingerprint density at radius 3 is 2.78 bits per heavy atom. The predicted molar refractivity (Wildman–Crippen MR) is 88.1 cm³/mol. The van der Waals surface area contributed by atoms with E-state index in [1.807, 2.05) is 24.3 Å². The Morgan fingerprint density at radius 2 is 2.00 bits per heavy atom. The van der Waals surface area contributed by atoms with Crippen molar-refractivity contribution in [2.24, 2.45) is 0 Å².